The van der Waals surface area contributed by atoms with Crippen LogP contribution in [0.2, 0.25) is 0 Å². The number of amides is 1. The molecule has 0 aliphatic carbocycles. The first-order valence-corrected chi connectivity index (χ1v) is 4.84. The van der Waals surface area contributed by atoms with Crippen LogP contribution in [0.25, 0.3) is 0 Å². The summed E-state index contributed by atoms with van der Waals surface area (Å²) < 4.78 is 26.7. The smallest absolute Gasteiger partial charge is 0.257 e. The van der Waals surface area contributed by atoms with Crippen LogP contribution in [-0.4, -0.2) is 23.7 Å². The monoisotopic (exact) mass is 229 g/mol. The van der Waals surface area contributed by atoms with Gasteiger partial charge in [-0.25, -0.2) is 8.78 Å². The highest BCUT2D eigenvalue weighted by Gasteiger charge is 2.18. The number of hydrogen-bond donors (Lipinski definition) is 2. The lowest BCUT2D eigenvalue weighted by molar-refractivity contribution is 0.0915. The van der Waals surface area contributed by atoms with Crippen molar-refractivity contribution in [1.29, 1.82) is 0 Å². The lowest BCUT2D eigenvalue weighted by Crippen LogP contribution is -2.32. The van der Waals surface area contributed by atoms with Gasteiger partial charge in [-0.05, 0) is 25.5 Å². The van der Waals surface area contributed by atoms with Crippen LogP contribution in [0.1, 0.15) is 22.8 Å². The number of rotatable bonds is 3. The molecule has 2 N–H and O–H groups in total. The van der Waals surface area contributed by atoms with Crippen LogP contribution in [-0.2, 0) is 0 Å². The second-order valence-corrected chi connectivity index (χ2v) is 3.61. The summed E-state index contributed by atoms with van der Waals surface area (Å²) >= 11 is 0. The molecule has 0 bridgehead atoms. The van der Waals surface area contributed by atoms with Gasteiger partial charge in [0.2, 0.25) is 0 Å². The molecule has 1 aromatic carbocycles. The largest absolute Gasteiger partial charge is 0.392 e. The van der Waals surface area contributed by atoms with Crippen LogP contribution in [0.5, 0.6) is 0 Å². The van der Waals surface area contributed by atoms with E-state index in [0.29, 0.717) is 0 Å². The van der Waals surface area contributed by atoms with E-state index in [-0.39, 0.29) is 12.1 Å². The van der Waals surface area contributed by atoms with Crippen LogP contribution in [0.4, 0.5) is 8.78 Å². The Morgan fingerprint density at radius 2 is 2.12 bits per heavy atom. The number of halogens is 2. The molecule has 0 aliphatic heterocycles. The first-order chi connectivity index (χ1) is 7.43. The second kappa shape index (κ2) is 5.03. The van der Waals surface area contributed by atoms with E-state index in [1.165, 1.54) is 19.9 Å². The molecule has 0 radical (unpaired) electrons. The van der Waals surface area contributed by atoms with E-state index in [9.17, 15) is 13.6 Å². The number of aliphatic hydroxyl groups is 1. The van der Waals surface area contributed by atoms with Gasteiger partial charge in [0.15, 0.2) is 0 Å². The van der Waals surface area contributed by atoms with Crippen molar-refractivity contribution in [3.8, 4) is 0 Å². The van der Waals surface area contributed by atoms with Crippen molar-refractivity contribution >= 4 is 5.91 Å². The maximum Gasteiger partial charge on any atom is 0.257 e. The lowest BCUT2D eigenvalue weighted by Gasteiger charge is -2.09. The zero-order valence-electron chi connectivity index (χ0n) is 9.05. The van der Waals surface area contributed by atoms with Gasteiger partial charge in [0, 0.05) is 6.54 Å². The molecule has 0 aromatic heterocycles. The molecule has 1 aromatic rings. The predicted octanol–water partition coefficient (Wildman–Crippen LogP) is 1.38. The fourth-order valence-electron chi connectivity index (χ4n) is 1.19. The third-order valence-corrected chi connectivity index (χ3v) is 2.07. The van der Waals surface area contributed by atoms with Crippen molar-refractivity contribution in [3.05, 3.63) is 34.9 Å². The van der Waals surface area contributed by atoms with E-state index in [4.69, 9.17) is 5.11 Å². The van der Waals surface area contributed by atoms with Gasteiger partial charge >= 0.3 is 0 Å². The van der Waals surface area contributed by atoms with Gasteiger partial charge in [-0.1, -0.05) is 6.07 Å². The van der Waals surface area contributed by atoms with Gasteiger partial charge in [-0.15, -0.1) is 0 Å². The number of carbonyl (C=O) groups excluding carboxylic acids is 1. The average Bonchev–Trinajstić information content (AvgIpc) is 2.21. The van der Waals surface area contributed by atoms with Crippen LogP contribution in [0, 0.1) is 18.6 Å². The van der Waals surface area contributed by atoms with Crippen LogP contribution >= 0.6 is 0 Å². The van der Waals surface area contributed by atoms with Crippen LogP contribution in [0.15, 0.2) is 12.1 Å². The number of benzene rings is 1. The Balaban J connectivity index is 2.95. The van der Waals surface area contributed by atoms with Crippen molar-refractivity contribution < 1.29 is 18.7 Å². The Morgan fingerprint density at radius 3 is 2.69 bits per heavy atom. The van der Waals surface area contributed by atoms with Crippen molar-refractivity contribution in [3.63, 3.8) is 0 Å². The Labute approximate surface area is 92.1 Å². The molecule has 0 fully saturated rings. The molecule has 0 heterocycles. The molecule has 0 unspecified atom stereocenters. The first kappa shape index (κ1) is 12.6. The molecule has 3 nitrogen and oxygen atoms in total. The third-order valence-electron chi connectivity index (χ3n) is 2.07. The summed E-state index contributed by atoms with van der Waals surface area (Å²) in [5, 5.41) is 11.2. The molecule has 16 heavy (non-hydrogen) atoms. The number of carbonyl (C=O) groups is 1. The molecular formula is C11H13F2NO2. The Kier molecular flexibility index (Phi) is 3.95. The van der Waals surface area contributed by atoms with E-state index in [1.807, 2.05) is 0 Å². The fraction of sp³-hybridized carbons (Fsp3) is 0.364. The van der Waals surface area contributed by atoms with Crippen molar-refractivity contribution in [1.82, 2.24) is 5.32 Å². The van der Waals surface area contributed by atoms with Crippen LogP contribution < -0.4 is 5.32 Å². The van der Waals surface area contributed by atoms with Crippen molar-refractivity contribution in [2.24, 2.45) is 0 Å². The van der Waals surface area contributed by atoms with Gasteiger partial charge < -0.3 is 10.4 Å². The summed E-state index contributed by atoms with van der Waals surface area (Å²) in [4.78, 5) is 11.4. The van der Waals surface area contributed by atoms with Gasteiger partial charge in [-0.2, -0.15) is 0 Å². The molecule has 0 spiro atoms. The molecule has 88 valence electrons. The summed E-state index contributed by atoms with van der Waals surface area (Å²) in [6.45, 7) is 2.86. The predicted molar refractivity (Wildman–Crippen MR) is 55.1 cm³/mol. The summed E-state index contributed by atoms with van der Waals surface area (Å²) in [5.74, 6) is -2.64. The standard InChI is InChI=1S/C11H13F2NO2/c1-6-3-4-8(12)9(10(6)13)11(16)14-5-7(2)15/h3-4,7,15H,5H2,1-2H3,(H,14,16)/t7-/m0/s1. The molecule has 0 saturated carbocycles. The summed E-state index contributed by atoms with van der Waals surface area (Å²) in [6, 6.07) is 2.30. The minimum absolute atomic E-state index is 0.0499. The highest BCUT2D eigenvalue weighted by atomic mass is 19.1. The highest BCUT2D eigenvalue weighted by Crippen LogP contribution is 2.15. The molecule has 5 heteroatoms. The summed E-state index contributed by atoms with van der Waals surface area (Å²) in [7, 11) is 0. The van der Waals surface area contributed by atoms with Crippen molar-refractivity contribution in [2.45, 2.75) is 20.0 Å². The molecule has 1 amide bonds. The number of aliphatic hydroxyl groups excluding tert-OH is 1. The van der Waals surface area contributed by atoms with E-state index in [1.54, 1.807) is 0 Å². The minimum atomic E-state index is -0.911. The van der Waals surface area contributed by atoms with E-state index in [0.717, 1.165) is 6.07 Å². The minimum Gasteiger partial charge on any atom is -0.392 e. The van der Waals surface area contributed by atoms with Gasteiger partial charge in [0.05, 0.1) is 6.10 Å². The molecule has 0 aliphatic rings. The highest BCUT2D eigenvalue weighted by molar-refractivity contribution is 5.94. The molecule has 1 rings (SSSR count). The zero-order chi connectivity index (χ0) is 12.3. The van der Waals surface area contributed by atoms with Gasteiger partial charge in [0.25, 0.3) is 5.91 Å². The lowest BCUT2D eigenvalue weighted by atomic mass is 10.1. The molecule has 0 saturated heterocycles. The van der Waals surface area contributed by atoms with E-state index in [2.05, 4.69) is 5.32 Å². The number of aryl methyl sites for hydroxylation is 1. The average molecular weight is 229 g/mol. The Bertz CT molecular complexity index is 405. The Hall–Kier alpha value is -1.49. The van der Waals surface area contributed by atoms with Gasteiger partial charge in [-0.3, -0.25) is 4.79 Å². The third kappa shape index (κ3) is 2.76. The zero-order valence-corrected chi connectivity index (χ0v) is 9.05. The SMILES string of the molecule is Cc1ccc(F)c(C(=O)NC[C@H](C)O)c1F. The van der Waals surface area contributed by atoms with E-state index < -0.39 is 29.2 Å². The summed E-state index contributed by atoms with van der Waals surface area (Å²) in [6.07, 6.45) is -0.764. The van der Waals surface area contributed by atoms with E-state index >= 15 is 0 Å². The molecule has 1 atom stereocenters. The fourth-order valence-corrected chi connectivity index (χ4v) is 1.19. The van der Waals surface area contributed by atoms with Crippen molar-refractivity contribution in [2.75, 3.05) is 6.54 Å². The normalized spacial score (nSPS) is 12.3. The maximum absolute atomic E-state index is 13.5. The van der Waals surface area contributed by atoms with Crippen LogP contribution in [0.3, 0.4) is 0 Å². The molecular weight excluding hydrogens is 216 g/mol. The number of nitrogens with one attached hydrogen (secondary N) is 1. The Morgan fingerprint density at radius 1 is 1.50 bits per heavy atom. The maximum atomic E-state index is 13.5. The van der Waals surface area contributed by atoms with Gasteiger partial charge in [0.1, 0.15) is 17.2 Å². The topological polar surface area (TPSA) is 49.3 Å². The first-order valence-electron chi connectivity index (χ1n) is 4.84. The quantitative estimate of drug-likeness (QED) is 0.822. The summed E-state index contributed by atoms with van der Waals surface area (Å²) in [5.41, 5.74) is -0.413. The number of hydrogen-bond acceptors (Lipinski definition) is 2. The second-order valence-electron chi connectivity index (χ2n) is 3.61.